The summed E-state index contributed by atoms with van der Waals surface area (Å²) >= 11 is 4.29. The normalized spacial score (nSPS) is 11.4. The molecule has 1 atom stereocenters. The zero-order valence-electron chi connectivity index (χ0n) is 14.3. The molecule has 0 aliphatic carbocycles. The Morgan fingerprint density at radius 1 is 1.20 bits per heavy atom. The molecule has 0 aliphatic heterocycles. The quantitative estimate of drug-likeness (QED) is 0.537. The minimum Gasteiger partial charge on any atom is -0.497 e. The van der Waals surface area contributed by atoms with Gasteiger partial charge in [0.15, 0.2) is 0 Å². The number of thiol groups is 1. The topological polar surface area (TPSA) is 80.4 Å². The maximum Gasteiger partial charge on any atom is 0.121 e. The van der Waals surface area contributed by atoms with Crippen LogP contribution in [-0.4, -0.2) is 29.8 Å². The van der Waals surface area contributed by atoms with Crippen LogP contribution in [0.15, 0.2) is 59.6 Å². The first kappa shape index (κ1) is 19.1. The summed E-state index contributed by atoms with van der Waals surface area (Å²) in [5.74, 6) is 0.807. The lowest BCUT2D eigenvalue weighted by molar-refractivity contribution is 0.273. The van der Waals surface area contributed by atoms with E-state index in [2.05, 4.69) is 22.9 Å². The lowest BCUT2D eigenvalue weighted by Gasteiger charge is -2.10. The lowest BCUT2D eigenvalue weighted by atomic mass is 10.1. The van der Waals surface area contributed by atoms with Crippen molar-refractivity contribution >= 4 is 34.9 Å². The summed E-state index contributed by atoms with van der Waals surface area (Å²) in [7, 11) is 1.66. The number of nitrogens with two attached hydrogens (primary N) is 1. The summed E-state index contributed by atoms with van der Waals surface area (Å²) in [5.41, 5.74) is 7.98. The van der Waals surface area contributed by atoms with Crippen LogP contribution in [0.2, 0.25) is 0 Å². The van der Waals surface area contributed by atoms with Crippen LogP contribution in [0, 0.1) is 0 Å². The third-order valence-corrected chi connectivity index (χ3v) is 3.68. The smallest absolute Gasteiger partial charge is 0.121 e. The summed E-state index contributed by atoms with van der Waals surface area (Å²) in [6.45, 7) is 1.83. The maximum atomic E-state index is 8.02. The number of fused-ring (bicyclic) bond motifs is 1. The zero-order chi connectivity index (χ0) is 18.2. The fourth-order valence-electron chi connectivity index (χ4n) is 2.06. The van der Waals surface area contributed by atoms with E-state index in [-0.39, 0.29) is 12.6 Å². The molecule has 0 amide bonds. The standard InChI is InChI=1S/C16H14N2OS.C3H9NO/c1-19-12-4-7-14-15(8-9-17-16(14)10-12)18-11-2-5-13(20)6-3-11;1-3(4)2-5/h2-10,20H,1H3,(H,17,18);3,5H,2,4H2,1H3. The van der Waals surface area contributed by atoms with Gasteiger partial charge in [-0.2, -0.15) is 0 Å². The Morgan fingerprint density at radius 3 is 2.48 bits per heavy atom. The molecule has 0 saturated heterocycles. The largest absolute Gasteiger partial charge is 0.497 e. The van der Waals surface area contributed by atoms with Crippen LogP contribution >= 0.6 is 12.6 Å². The molecule has 4 N–H and O–H groups in total. The molecule has 0 aliphatic rings. The minimum atomic E-state index is -0.0602. The third-order valence-electron chi connectivity index (χ3n) is 3.38. The van der Waals surface area contributed by atoms with Crippen LogP contribution in [0.1, 0.15) is 6.92 Å². The Labute approximate surface area is 153 Å². The van der Waals surface area contributed by atoms with Crippen molar-refractivity contribution in [2.24, 2.45) is 5.73 Å². The highest BCUT2D eigenvalue weighted by molar-refractivity contribution is 7.80. The van der Waals surface area contributed by atoms with Gasteiger partial charge in [-0.25, -0.2) is 0 Å². The predicted octanol–water partition coefficient (Wildman–Crippen LogP) is 3.60. The SMILES string of the molecule is CC(N)CO.COc1ccc2c(Nc3ccc(S)cc3)ccnc2c1. The van der Waals surface area contributed by atoms with Gasteiger partial charge in [-0.15, -0.1) is 12.6 Å². The summed E-state index contributed by atoms with van der Waals surface area (Å²) in [4.78, 5) is 5.32. The molecule has 3 aromatic rings. The number of rotatable bonds is 4. The third kappa shape index (κ3) is 5.63. The Morgan fingerprint density at radius 2 is 1.88 bits per heavy atom. The van der Waals surface area contributed by atoms with Crippen LogP contribution in [0.3, 0.4) is 0 Å². The number of benzene rings is 2. The summed E-state index contributed by atoms with van der Waals surface area (Å²) in [5, 5.41) is 12.5. The predicted molar refractivity (Wildman–Crippen MR) is 106 cm³/mol. The van der Waals surface area contributed by atoms with E-state index in [9.17, 15) is 0 Å². The summed E-state index contributed by atoms with van der Waals surface area (Å²) in [6, 6.07) is 15.7. The number of aliphatic hydroxyl groups excluding tert-OH is 1. The zero-order valence-corrected chi connectivity index (χ0v) is 15.2. The molecule has 0 bridgehead atoms. The van der Waals surface area contributed by atoms with Crippen molar-refractivity contribution in [3.63, 3.8) is 0 Å². The fourth-order valence-corrected chi connectivity index (χ4v) is 2.21. The van der Waals surface area contributed by atoms with Crippen molar-refractivity contribution in [1.82, 2.24) is 4.98 Å². The van der Waals surface area contributed by atoms with Gasteiger partial charge in [-0.1, -0.05) is 0 Å². The van der Waals surface area contributed by atoms with E-state index in [1.54, 1.807) is 20.2 Å². The van der Waals surface area contributed by atoms with Crippen molar-refractivity contribution < 1.29 is 9.84 Å². The Bertz CT molecular complexity index is 807. The fraction of sp³-hybridized carbons (Fsp3) is 0.211. The van der Waals surface area contributed by atoms with Gasteiger partial charge in [0.2, 0.25) is 0 Å². The van der Waals surface area contributed by atoms with Gasteiger partial charge in [-0.3, -0.25) is 4.98 Å². The van der Waals surface area contributed by atoms with Gasteiger partial charge in [0.25, 0.3) is 0 Å². The van der Waals surface area contributed by atoms with Crippen LogP contribution in [0.4, 0.5) is 11.4 Å². The second-order valence-corrected chi connectivity index (χ2v) is 6.09. The van der Waals surface area contributed by atoms with Gasteiger partial charge in [-0.05, 0) is 49.4 Å². The number of hydrogen-bond acceptors (Lipinski definition) is 6. The molecule has 1 unspecified atom stereocenters. The van der Waals surface area contributed by atoms with Crippen LogP contribution in [0.5, 0.6) is 5.75 Å². The molecule has 1 heterocycles. The summed E-state index contributed by atoms with van der Waals surface area (Å²) < 4.78 is 5.22. The molecule has 0 radical (unpaired) electrons. The lowest BCUT2D eigenvalue weighted by Crippen LogP contribution is -2.18. The van der Waals surface area contributed by atoms with E-state index in [0.29, 0.717) is 0 Å². The first-order valence-corrected chi connectivity index (χ1v) is 8.33. The molecule has 25 heavy (non-hydrogen) atoms. The van der Waals surface area contributed by atoms with E-state index in [1.807, 2.05) is 48.5 Å². The average Bonchev–Trinajstić information content (AvgIpc) is 2.63. The van der Waals surface area contributed by atoms with Crippen molar-refractivity contribution in [2.45, 2.75) is 17.9 Å². The highest BCUT2D eigenvalue weighted by Crippen LogP contribution is 2.28. The van der Waals surface area contributed by atoms with Crippen LogP contribution in [-0.2, 0) is 0 Å². The molecule has 0 spiro atoms. The first-order chi connectivity index (χ1) is 12.0. The Kier molecular flexibility index (Phi) is 7.06. The molecular formula is C19H23N3O2S. The molecule has 0 fully saturated rings. The van der Waals surface area contributed by atoms with E-state index in [1.165, 1.54) is 0 Å². The van der Waals surface area contributed by atoms with Crippen molar-refractivity contribution in [3.8, 4) is 5.75 Å². The number of methoxy groups -OCH3 is 1. The molecule has 1 aromatic heterocycles. The van der Waals surface area contributed by atoms with Gasteiger partial charge in [0.1, 0.15) is 5.75 Å². The molecule has 132 valence electrons. The molecule has 3 rings (SSSR count). The van der Waals surface area contributed by atoms with Crippen LogP contribution < -0.4 is 15.8 Å². The van der Waals surface area contributed by atoms with E-state index >= 15 is 0 Å². The van der Waals surface area contributed by atoms with Gasteiger partial charge in [0, 0.05) is 40.0 Å². The number of ether oxygens (including phenoxy) is 1. The highest BCUT2D eigenvalue weighted by Gasteiger charge is 2.04. The number of nitrogens with one attached hydrogen (secondary N) is 1. The average molecular weight is 357 g/mol. The number of aromatic nitrogens is 1. The number of anilines is 2. The van der Waals surface area contributed by atoms with Crippen molar-refractivity contribution in [3.05, 3.63) is 54.7 Å². The summed E-state index contributed by atoms with van der Waals surface area (Å²) in [6.07, 6.45) is 1.79. The molecule has 2 aromatic carbocycles. The number of aliphatic hydroxyl groups is 1. The number of nitrogens with zero attached hydrogens (tertiary/aromatic N) is 1. The number of pyridine rings is 1. The van der Waals surface area contributed by atoms with E-state index in [4.69, 9.17) is 15.6 Å². The number of hydrogen-bond donors (Lipinski definition) is 4. The Hall–Kier alpha value is -2.28. The van der Waals surface area contributed by atoms with Crippen LogP contribution in [0.25, 0.3) is 10.9 Å². The monoisotopic (exact) mass is 357 g/mol. The maximum absolute atomic E-state index is 8.02. The van der Waals surface area contributed by atoms with Crippen molar-refractivity contribution in [2.75, 3.05) is 19.0 Å². The first-order valence-electron chi connectivity index (χ1n) is 7.88. The Balaban J connectivity index is 0.000000399. The second-order valence-electron chi connectivity index (χ2n) is 5.57. The van der Waals surface area contributed by atoms with E-state index in [0.717, 1.165) is 32.9 Å². The second kappa shape index (κ2) is 9.27. The molecular weight excluding hydrogens is 334 g/mol. The molecule has 6 heteroatoms. The van der Waals surface area contributed by atoms with Gasteiger partial charge >= 0.3 is 0 Å². The highest BCUT2D eigenvalue weighted by atomic mass is 32.1. The minimum absolute atomic E-state index is 0.0602. The molecule has 0 saturated carbocycles. The van der Waals surface area contributed by atoms with E-state index < -0.39 is 0 Å². The van der Waals surface area contributed by atoms with Gasteiger partial charge in [0.05, 0.1) is 19.2 Å². The van der Waals surface area contributed by atoms with Crippen molar-refractivity contribution in [1.29, 1.82) is 0 Å². The van der Waals surface area contributed by atoms with Gasteiger partial charge < -0.3 is 20.9 Å². The molecule has 5 nitrogen and oxygen atoms in total.